The number of piperidine rings is 1. The SMILES string of the molecule is O=C1OC2(CCN(Cc3ccccc3)CC2)c2c(F)cc(OS(=O)(=O)C(F)(F)F)cc21. The second-order valence-corrected chi connectivity index (χ2v) is 8.99. The van der Waals surface area contributed by atoms with Gasteiger partial charge in [0.15, 0.2) is 0 Å². The van der Waals surface area contributed by atoms with Crippen LogP contribution in [0.15, 0.2) is 42.5 Å². The Morgan fingerprint density at radius 1 is 1.10 bits per heavy atom. The highest BCUT2D eigenvalue weighted by Crippen LogP contribution is 2.47. The van der Waals surface area contributed by atoms with Crippen LogP contribution in [0.2, 0.25) is 0 Å². The third-order valence-corrected chi connectivity index (χ3v) is 6.41. The molecule has 6 nitrogen and oxygen atoms in total. The first kappa shape index (κ1) is 21.6. The number of rotatable bonds is 4. The molecule has 0 saturated carbocycles. The lowest BCUT2D eigenvalue weighted by Gasteiger charge is -2.38. The van der Waals surface area contributed by atoms with E-state index in [2.05, 4.69) is 9.08 Å². The van der Waals surface area contributed by atoms with E-state index in [0.29, 0.717) is 25.7 Å². The van der Waals surface area contributed by atoms with Crippen molar-refractivity contribution < 1.29 is 39.7 Å². The van der Waals surface area contributed by atoms with Crippen LogP contribution in [0.4, 0.5) is 17.6 Å². The van der Waals surface area contributed by atoms with Crippen LogP contribution in [0.25, 0.3) is 0 Å². The number of fused-ring (bicyclic) bond motifs is 2. The van der Waals surface area contributed by atoms with E-state index >= 15 is 0 Å². The Kier molecular flexibility index (Phi) is 5.21. The monoisotopic (exact) mass is 459 g/mol. The van der Waals surface area contributed by atoms with Gasteiger partial charge >= 0.3 is 21.6 Å². The van der Waals surface area contributed by atoms with Gasteiger partial charge in [-0.25, -0.2) is 9.18 Å². The van der Waals surface area contributed by atoms with Crippen molar-refractivity contribution in [3.05, 3.63) is 65.0 Å². The number of nitrogens with zero attached hydrogens (tertiary/aromatic N) is 1. The fourth-order valence-electron chi connectivity index (χ4n) is 3.98. The molecule has 1 fully saturated rings. The topological polar surface area (TPSA) is 72.9 Å². The Hall–Kier alpha value is -2.66. The van der Waals surface area contributed by atoms with Gasteiger partial charge in [-0.2, -0.15) is 21.6 Å². The van der Waals surface area contributed by atoms with Crippen molar-refractivity contribution in [1.82, 2.24) is 4.90 Å². The predicted molar refractivity (Wildman–Crippen MR) is 100 cm³/mol. The van der Waals surface area contributed by atoms with Gasteiger partial charge in [0.25, 0.3) is 0 Å². The van der Waals surface area contributed by atoms with Crippen LogP contribution in [-0.4, -0.2) is 37.9 Å². The molecule has 2 aromatic carbocycles. The third kappa shape index (κ3) is 3.99. The van der Waals surface area contributed by atoms with E-state index in [1.54, 1.807) is 0 Å². The van der Waals surface area contributed by atoms with Gasteiger partial charge in [0.2, 0.25) is 0 Å². The Balaban J connectivity index is 1.56. The number of ether oxygens (including phenoxy) is 1. The minimum absolute atomic E-state index is 0.0754. The largest absolute Gasteiger partial charge is 0.534 e. The first-order valence-electron chi connectivity index (χ1n) is 9.35. The molecule has 2 heterocycles. The highest BCUT2D eigenvalue weighted by molar-refractivity contribution is 7.88. The molecule has 0 atom stereocenters. The van der Waals surface area contributed by atoms with Gasteiger partial charge in [0.05, 0.1) is 5.56 Å². The lowest BCUT2D eigenvalue weighted by molar-refractivity contribution is -0.0501. The maximum atomic E-state index is 14.9. The molecule has 166 valence electrons. The van der Waals surface area contributed by atoms with Crippen LogP contribution in [-0.2, 0) is 27.0 Å². The molecule has 0 bridgehead atoms. The first-order valence-corrected chi connectivity index (χ1v) is 10.8. The zero-order valence-electron chi connectivity index (χ0n) is 16.0. The van der Waals surface area contributed by atoms with E-state index in [0.717, 1.165) is 11.6 Å². The van der Waals surface area contributed by atoms with E-state index < -0.39 is 38.8 Å². The molecule has 0 amide bonds. The molecule has 0 N–H and O–H groups in total. The summed E-state index contributed by atoms with van der Waals surface area (Å²) in [7, 11) is -6.00. The molecule has 2 aliphatic heterocycles. The maximum Gasteiger partial charge on any atom is 0.534 e. The quantitative estimate of drug-likeness (QED) is 0.300. The van der Waals surface area contributed by atoms with Crippen LogP contribution < -0.4 is 4.18 Å². The zero-order valence-corrected chi connectivity index (χ0v) is 16.8. The van der Waals surface area contributed by atoms with Gasteiger partial charge in [-0.05, 0) is 11.6 Å². The third-order valence-electron chi connectivity index (χ3n) is 5.43. The van der Waals surface area contributed by atoms with Crippen molar-refractivity contribution in [2.24, 2.45) is 0 Å². The van der Waals surface area contributed by atoms with Gasteiger partial charge in [-0.15, -0.1) is 0 Å². The van der Waals surface area contributed by atoms with Gasteiger partial charge < -0.3 is 8.92 Å². The average Bonchev–Trinajstić information content (AvgIpc) is 2.95. The van der Waals surface area contributed by atoms with Gasteiger partial charge in [0.1, 0.15) is 17.2 Å². The summed E-state index contributed by atoms with van der Waals surface area (Å²) < 4.78 is 84.3. The number of alkyl halides is 3. The summed E-state index contributed by atoms with van der Waals surface area (Å²) >= 11 is 0. The molecule has 4 rings (SSSR count). The van der Waals surface area contributed by atoms with Gasteiger partial charge in [-0.3, -0.25) is 4.90 Å². The van der Waals surface area contributed by atoms with E-state index in [-0.39, 0.29) is 24.0 Å². The number of halogens is 4. The number of benzene rings is 2. The molecule has 0 unspecified atom stereocenters. The van der Waals surface area contributed by atoms with Crippen LogP contribution >= 0.6 is 0 Å². The lowest BCUT2D eigenvalue weighted by atomic mass is 9.83. The fourth-order valence-corrected chi connectivity index (χ4v) is 4.42. The summed E-state index contributed by atoms with van der Waals surface area (Å²) in [6, 6.07) is 11.0. The minimum Gasteiger partial charge on any atom is -0.450 e. The fraction of sp³-hybridized carbons (Fsp3) is 0.350. The number of hydrogen-bond acceptors (Lipinski definition) is 6. The summed E-state index contributed by atoms with van der Waals surface area (Å²) in [5.41, 5.74) is -6.24. The van der Waals surface area contributed by atoms with Crippen molar-refractivity contribution in [2.45, 2.75) is 30.5 Å². The van der Waals surface area contributed by atoms with Crippen molar-refractivity contribution >= 4 is 16.1 Å². The first-order chi connectivity index (χ1) is 14.5. The number of esters is 1. The summed E-state index contributed by atoms with van der Waals surface area (Å²) in [6.45, 7) is 1.67. The Labute approximate surface area is 175 Å². The van der Waals surface area contributed by atoms with Crippen molar-refractivity contribution in [3.8, 4) is 5.75 Å². The summed E-state index contributed by atoms with van der Waals surface area (Å²) in [5, 5.41) is 0. The molecule has 0 radical (unpaired) electrons. The minimum atomic E-state index is -6.00. The smallest absolute Gasteiger partial charge is 0.450 e. The predicted octanol–water partition coefficient (Wildman–Crippen LogP) is 3.72. The highest BCUT2D eigenvalue weighted by Gasteiger charge is 2.51. The molecular weight excluding hydrogens is 442 g/mol. The van der Waals surface area contributed by atoms with Crippen LogP contribution in [0.3, 0.4) is 0 Å². The van der Waals surface area contributed by atoms with Crippen LogP contribution in [0.1, 0.15) is 34.3 Å². The second-order valence-electron chi connectivity index (χ2n) is 7.46. The molecule has 1 spiro atoms. The Bertz CT molecular complexity index is 1110. The second kappa shape index (κ2) is 7.49. The average molecular weight is 459 g/mol. The van der Waals surface area contributed by atoms with E-state index in [1.807, 2.05) is 30.3 Å². The number of hydrogen-bond donors (Lipinski definition) is 0. The van der Waals surface area contributed by atoms with Crippen LogP contribution in [0, 0.1) is 5.82 Å². The summed E-state index contributed by atoms with van der Waals surface area (Å²) in [4.78, 5) is 14.5. The van der Waals surface area contributed by atoms with Crippen LogP contribution in [0.5, 0.6) is 5.75 Å². The van der Waals surface area contributed by atoms with Gasteiger partial charge in [0, 0.05) is 44.1 Å². The van der Waals surface area contributed by atoms with Crippen molar-refractivity contribution in [1.29, 1.82) is 0 Å². The highest BCUT2D eigenvalue weighted by atomic mass is 32.2. The zero-order chi connectivity index (χ0) is 22.4. The van der Waals surface area contributed by atoms with Crippen molar-refractivity contribution in [2.75, 3.05) is 13.1 Å². The van der Waals surface area contributed by atoms with E-state index in [1.165, 1.54) is 0 Å². The molecule has 2 aliphatic rings. The molecule has 2 aromatic rings. The van der Waals surface area contributed by atoms with Crippen molar-refractivity contribution in [3.63, 3.8) is 0 Å². The molecular formula is C20H17F4NO5S. The summed E-state index contributed by atoms with van der Waals surface area (Å²) in [5.74, 6) is -2.92. The molecule has 0 aromatic heterocycles. The molecule has 11 heteroatoms. The van der Waals surface area contributed by atoms with Gasteiger partial charge in [-0.1, -0.05) is 30.3 Å². The number of carbonyl (C=O) groups is 1. The number of likely N-dealkylation sites (tertiary alicyclic amines) is 1. The number of carbonyl (C=O) groups excluding carboxylic acids is 1. The lowest BCUT2D eigenvalue weighted by Crippen LogP contribution is -2.42. The molecule has 1 saturated heterocycles. The Morgan fingerprint density at radius 3 is 2.35 bits per heavy atom. The maximum absolute atomic E-state index is 14.9. The van der Waals surface area contributed by atoms with E-state index in [9.17, 15) is 30.8 Å². The standard InChI is InChI=1S/C20H17F4NO5S/c21-16-11-14(30-31(27,28)20(22,23)24)10-15-17(16)19(29-18(15)26)6-8-25(9-7-19)12-13-4-2-1-3-5-13/h1-5,10-11H,6-9,12H2. The molecule has 0 aliphatic carbocycles. The summed E-state index contributed by atoms with van der Waals surface area (Å²) in [6.07, 6.45) is 0.576. The normalized spacial score (nSPS) is 18.6. The molecule has 31 heavy (non-hydrogen) atoms. The Morgan fingerprint density at radius 2 is 1.74 bits per heavy atom. The van der Waals surface area contributed by atoms with E-state index in [4.69, 9.17) is 4.74 Å².